The van der Waals surface area contributed by atoms with Crippen LogP contribution >= 0.6 is 0 Å². The minimum Gasteiger partial charge on any atom is -0.368 e. The van der Waals surface area contributed by atoms with E-state index in [1.807, 2.05) is 6.92 Å². The second kappa shape index (κ2) is 3.76. The van der Waals surface area contributed by atoms with Gasteiger partial charge < -0.3 is 10.2 Å². The number of Topliss-reactive ketones (excluding diaryl/α,β-unsaturated/α-hetero) is 1. The Balaban J connectivity index is 2.51. The molecule has 1 rings (SSSR count). The van der Waals surface area contributed by atoms with Crippen molar-refractivity contribution in [3.63, 3.8) is 0 Å². The first-order chi connectivity index (χ1) is 5.96. The lowest BCUT2D eigenvalue weighted by atomic mass is 9.69. The zero-order valence-electron chi connectivity index (χ0n) is 8.29. The summed E-state index contributed by atoms with van der Waals surface area (Å²) in [7, 11) is 0. The first kappa shape index (κ1) is 10.7. The lowest BCUT2D eigenvalue weighted by Gasteiger charge is -2.35. The van der Waals surface area contributed by atoms with E-state index in [1.165, 1.54) is 0 Å². The molecule has 0 radical (unpaired) electrons. The molecule has 1 aliphatic rings. The summed E-state index contributed by atoms with van der Waals surface area (Å²) >= 11 is 0. The van der Waals surface area contributed by atoms with Gasteiger partial charge in [0.15, 0.2) is 6.29 Å². The summed E-state index contributed by atoms with van der Waals surface area (Å²) in [6.07, 6.45) is 1.84. The largest absolute Gasteiger partial charge is 0.368 e. The van der Waals surface area contributed by atoms with Crippen LogP contribution in [-0.2, 0) is 4.79 Å². The van der Waals surface area contributed by atoms with Crippen molar-refractivity contribution in [2.75, 3.05) is 0 Å². The quantitative estimate of drug-likeness (QED) is 0.634. The number of carbonyl (C=O) groups is 1. The van der Waals surface area contributed by atoms with Gasteiger partial charge >= 0.3 is 0 Å². The van der Waals surface area contributed by atoms with Gasteiger partial charge in [0.1, 0.15) is 5.78 Å². The van der Waals surface area contributed by atoms with E-state index in [2.05, 4.69) is 0 Å². The minimum atomic E-state index is -1.21. The molecule has 0 saturated heterocycles. The topological polar surface area (TPSA) is 57.5 Å². The SMILES string of the molecule is CC(=O)C1(C)CCC(C(O)O)CC1. The van der Waals surface area contributed by atoms with Crippen LogP contribution in [0.2, 0.25) is 0 Å². The smallest absolute Gasteiger partial charge is 0.154 e. The Kier molecular flexibility index (Phi) is 3.09. The van der Waals surface area contributed by atoms with Crippen molar-refractivity contribution in [3.05, 3.63) is 0 Å². The zero-order chi connectivity index (χ0) is 10.1. The maximum Gasteiger partial charge on any atom is 0.154 e. The van der Waals surface area contributed by atoms with Gasteiger partial charge in [0.05, 0.1) is 0 Å². The summed E-state index contributed by atoms with van der Waals surface area (Å²) in [5.41, 5.74) is -0.217. The normalized spacial score (nSPS) is 35.0. The van der Waals surface area contributed by atoms with Crippen LogP contribution in [0.15, 0.2) is 0 Å². The van der Waals surface area contributed by atoms with E-state index < -0.39 is 6.29 Å². The van der Waals surface area contributed by atoms with Crippen molar-refractivity contribution in [3.8, 4) is 0 Å². The second-order valence-electron chi connectivity index (χ2n) is 4.37. The lowest BCUT2D eigenvalue weighted by molar-refractivity contribution is -0.133. The van der Waals surface area contributed by atoms with Crippen LogP contribution < -0.4 is 0 Å². The predicted octanol–water partition coefficient (Wildman–Crippen LogP) is 1.08. The van der Waals surface area contributed by atoms with E-state index in [0.717, 1.165) is 25.7 Å². The molecule has 0 aliphatic heterocycles. The Morgan fingerprint density at radius 2 is 1.85 bits per heavy atom. The molecule has 13 heavy (non-hydrogen) atoms. The Morgan fingerprint density at radius 1 is 1.38 bits per heavy atom. The van der Waals surface area contributed by atoms with Crippen LogP contribution in [0.1, 0.15) is 39.5 Å². The highest BCUT2D eigenvalue weighted by molar-refractivity contribution is 5.81. The third kappa shape index (κ3) is 2.29. The van der Waals surface area contributed by atoms with E-state index in [0.29, 0.717) is 0 Å². The molecule has 0 atom stereocenters. The van der Waals surface area contributed by atoms with Gasteiger partial charge in [0, 0.05) is 11.3 Å². The van der Waals surface area contributed by atoms with Crippen LogP contribution in [0.5, 0.6) is 0 Å². The van der Waals surface area contributed by atoms with Crippen molar-refractivity contribution in [1.29, 1.82) is 0 Å². The van der Waals surface area contributed by atoms with Crippen LogP contribution in [0, 0.1) is 11.3 Å². The van der Waals surface area contributed by atoms with E-state index in [-0.39, 0.29) is 17.1 Å². The van der Waals surface area contributed by atoms with E-state index >= 15 is 0 Å². The number of ketones is 1. The lowest BCUT2D eigenvalue weighted by Crippen LogP contribution is -2.34. The number of aliphatic hydroxyl groups excluding tert-OH is 1. The Morgan fingerprint density at radius 3 is 2.15 bits per heavy atom. The molecule has 0 spiro atoms. The van der Waals surface area contributed by atoms with Gasteiger partial charge in [-0.1, -0.05) is 6.92 Å². The average molecular weight is 186 g/mol. The minimum absolute atomic E-state index is 0.0348. The molecule has 0 unspecified atom stereocenters. The molecule has 0 aromatic heterocycles. The average Bonchev–Trinajstić information content (AvgIpc) is 2.04. The summed E-state index contributed by atoms with van der Waals surface area (Å²) < 4.78 is 0. The zero-order valence-corrected chi connectivity index (χ0v) is 8.29. The second-order valence-corrected chi connectivity index (χ2v) is 4.37. The highest BCUT2D eigenvalue weighted by atomic mass is 16.5. The van der Waals surface area contributed by atoms with Crippen LogP contribution in [-0.4, -0.2) is 22.3 Å². The van der Waals surface area contributed by atoms with Crippen molar-refractivity contribution >= 4 is 5.78 Å². The number of aliphatic hydroxyl groups is 2. The van der Waals surface area contributed by atoms with E-state index in [4.69, 9.17) is 10.2 Å². The monoisotopic (exact) mass is 186 g/mol. The summed E-state index contributed by atoms with van der Waals surface area (Å²) in [4.78, 5) is 11.3. The predicted molar refractivity (Wildman–Crippen MR) is 49.0 cm³/mol. The fourth-order valence-electron chi connectivity index (χ4n) is 1.93. The Bertz CT molecular complexity index is 190. The fraction of sp³-hybridized carbons (Fsp3) is 0.900. The number of rotatable bonds is 2. The molecule has 1 fully saturated rings. The third-order valence-corrected chi connectivity index (χ3v) is 3.41. The van der Waals surface area contributed by atoms with Gasteiger partial charge in [-0.05, 0) is 32.6 Å². The molecular weight excluding hydrogens is 168 g/mol. The highest BCUT2D eigenvalue weighted by Gasteiger charge is 2.36. The number of hydrogen-bond acceptors (Lipinski definition) is 3. The summed E-state index contributed by atoms with van der Waals surface area (Å²) in [5.74, 6) is 0.186. The van der Waals surface area contributed by atoms with Gasteiger partial charge in [-0.15, -0.1) is 0 Å². The van der Waals surface area contributed by atoms with E-state index in [9.17, 15) is 4.79 Å². The molecule has 0 aromatic carbocycles. The maximum atomic E-state index is 11.3. The van der Waals surface area contributed by atoms with Gasteiger partial charge in [0.2, 0.25) is 0 Å². The van der Waals surface area contributed by atoms with Gasteiger partial charge in [-0.25, -0.2) is 0 Å². The fourth-order valence-corrected chi connectivity index (χ4v) is 1.93. The number of hydrogen-bond donors (Lipinski definition) is 2. The molecule has 3 heteroatoms. The third-order valence-electron chi connectivity index (χ3n) is 3.41. The summed E-state index contributed by atoms with van der Waals surface area (Å²) in [6, 6.07) is 0. The van der Waals surface area contributed by atoms with Crippen LogP contribution in [0.3, 0.4) is 0 Å². The highest BCUT2D eigenvalue weighted by Crippen LogP contribution is 2.39. The molecule has 1 aliphatic carbocycles. The molecule has 0 bridgehead atoms. The molecule has 76 valence electrons. The van der Waals surface area contributed by atoms with Gasteiger partial charge in [-0.3, -0.25) is 4.79 Å². The molecule has 3 nitrogen and oxygen atoms in total. The summed E-state index contributed by atoms with van der Waals surface area (Å²) in [5, 5.41) is 17.9. The van der Waals surface area contributed by atoms with Gasteiger partial charge in [0.25, 0.3) is 0 Å². The molecule has 0 amide bonds. The Labute approximate surface area is 78.8 Å². The molecular formula is C10H18O3. The standard InChI is InChI=1S/C10H18O3/c1-7(11)10(2)5-3-8(4-6-10)9(12)13/h8-9,12-13H,3-6H2,1-2H3. The van der Waals surface area contributed by atoms with Crippen molar-refractivity contribution in [1.82, 2.24) is 0 Å². The summed E-state index contributed by atoms with van der Waals surface area (Å²) in [6.45, 7) is 3.59. The molecule has 1 saturated carbocycles. The Hall–Kier alpha value is -0.410. The van der Waals surface area contributed by atoms with Crippen molar-refractivity contribution < 1.29 is 15.0 Å². The van der Waals surface area contributed by atoms with E-state index in [1.54, 1.807) is 6.92 Å². The molecule has 0 aromatic rings. The first-order valence-corrected chi connectivity index (χ1v) is 4.83. The van der Waals surface area contributed by atoms with Crippen LogP contribution in [0.4, 0.5) is 0 Å². The molecule has 0 heterocycles. The van der Waals surface area contributed by atoms with Gasteiger partial charge in [-0.2, -0.15) is 0 Å². The maximum absolute atomic E-state index is 11.3. The van der Waals surface area contributed by atoms with Crippen molar-refractivity contribution in [2.24, 2.45) is 11.3 Å². The van der Waals surface area contributed by atoms with Crippen LogP contribution in [0.25, 0.3) is 0 Å². The van der Waals surface area contributed by atoms with Crippen molar-refractivity contribution in [2.45, 2.75) is 45.8 Å². The molecule has 2 N–H and O–H groups in total. The first-order valence-electron chi connectivity index (χ1n) is 4.83. The number of carbonyl (C=O) groups excluding carboxylic acids is 1.